The number of hydrogen-bond acceptors (Lipinski definition) is 6. The van der Waals surface area contributed by atoms with Crippen molar-refractivity contribution in [3.05, 3.63) is 0 Å². The van der Waals surface area contributed by atoms with Gasteiger partial charge in [-0.05, 0) is 62.7 Å². The van der Waals surface area contributed by atoms with E-state index in [1.807, 2.05) is 6.92 Å². The number of aliphatic hydroxyl groups excluding tert-OH is 3. The van der Waals surface area contributed by atoms with Gasteiger partial charge < -0.3 is 25.2 Å². The molecule has 4 aliphatic carbocycles. The highest BCUT2D eigenvalue weighted by molar-refractivity contribution is 5.77. The molecule has 1 spiro atoms. The van der Waals surface area contributed by atoms with Gasteiger partial charge in [-0.3, -0.25) is 4.79 Å². The highest BCUT2D eigenvalue weighted by Crippen LogP contribution is 2.72. The predicted molar refractivity (Wildman–Crippen MR) is 97.5 cm³/mol. The summed E-state index contributed by atoms with van der Waals surface area (Å²) in [6.45, 7) is 3.73. The fourth-order valence-corrected chi connectivity index (χ4v) is 8.35. The maximum atomic E-state index is 12.7. The highest BCUT2D eigenvalue weighted by Gasteiger charge is 2.73. The van der Waals surface area contributed by atoms with Crippen molar-refractivity contribution in [2.45, 2.75) is 76.6 Å². The summed E-state index contributed by atoms with van der Waals surface area (Å²) < 4.78 is 5.11. The van der Waals surface area contributed by atoms with Gasteiger partial charge in [-0.25, -0.2) is 0 Å². The molecule has 0 aromatic carbocycles. The molecule has 0 aliphatic heterocycles. The van der Waals surface area contributed by atoms with E-state index in [0.717, 1.165) is 25.7 Å². The first-order valence-electron chi connectivity index (χ1n) is 10.4. The second-order valence-corrected chi connectivity index (χ2v) is 10.4. The van der Waals surface area contributed by atoms with Crippen LogP contribution in [-0.2, 0) is 9.53 Å². The molecule has 0 unspecified atom stereocenters. The number of carbonyl (C=O) groups excluding carboxylic acids is 1. The van der Waals surface area contributed by atoms with Crippen LogP contribution in [0.5, 0.6) is 0 Å². The first kappa shape index (κ1) is 19.6. The Hall–Kier alpha value is -0.690. The standard InChI is InChI=1S/C21H34O6/c1-18-7-4-8-19(2,17(25)27-3)15(18)14(23)16(24)20-9-12(5-6-13(18)20)21(26,10-20)11-22/h12-16,22-24,26H,4-11H2,1-3H3/t12-,13+,14+,15+,16+,18+,19-,20-,21-/m1/s1. The molecule has 9 atom stereocenters. The lowest BCUT2D eigenvalue weighted by atomic mass is 9.39. The van der Waals surface area contributed by atoms with Crippen LogP contribution in [0.4, 0.5) is 0 Å². The number of fused-ring (bicyclic) bond motifs is 3. The van der Waals surface area contributed by atoms with E-state index in [2.05, 4.69) is 6.92 Å². The molecule has 0 saturated heterocycles. The van der Waals surface area contributed by atoms with E-state index < -0.39 is 28.6 Å². The lowest BCUT2D eigenvalue weighted by Gasteiger charge is -2.66. The van der Waals surface area contributed by atoms with Gasteiger partial charge in [-0.2, -0.15) is 0 Å². The van der Waals surface area contributed by atoms with Gasteiger partial charge in [0.2, 0.25) is 0 Å². The van der Waals surface area contributed by atoms with Gasteiger partial charge in [-0.1, -0.05) is 13.3 Å². The highest BCUT2D eigenvalue weighted by atomic mass is 16.5. The molecule has 2 bridgehead atoms. The summed E-state index contributed by atoms with van der Waals surface area (Å²) in [7, 11) is 1.39. The molecule has 4 N–H and O–H groups in total. The van der Waals surface area contributed by atoms with Gasteiger partial charge in [0, 0.05) is 11.3 Å². The maximum absolute atomic E-state index is 12.7. The second kappa shape index (κ2) is 5.91. The molecule has 27 heavy (non-hydrogen) atoms. The van der Waals surface area contributed by atoms with Gasteiger partial charge in [-0.15, -0.1) is 0 Å². The summed E-state index contributed by atoms with van der Waals surface area (Å²) in [6, 6.07) is 0. The summed E-state index contributed by atoms with van der Waals surface area (Å²) >= 11 is 0. The Morgan fingerprint density at radius 2 is 1.89 bits per heavy atom. The Morgan fingerprint density at radius 1 is 1.19 bits per heavy atom. The zero-order valence-electron chi connectivity index (χ0n) is 16.6. The molecule has 6 nitrogen and oxygen atoms in total. The molecule has 6 heteroatoms. The SMILES string of the molecule is COC(=O)[C@]1(C)CCC[C@@]2(C)[C@@H]3CC[C@@H]4C[C@]3(C[C@@]4(O)CO)[C@@H](O)[C@@H](O)[C@@H]21. The summed E-state index contributed by atoms with van der Waals surface area (Å²) in [4.78, 5) is 12.7. The number of ether oxygens (including phenoxy) is 1. The molecule has 4 fully saturated rings. The van der Waals surface area contributed by atoms with E-state index >= 15 is 0 Å². The van der Waals surface area contributed by atoms with E-state index in [9.17, 15) is 25.2 Å². The number of carbonyl (C=O) groups is 1. The molecule has 0 amide bonds. The normalized spacial score (nSPS) is 56.9. The Kier molecular flexibility index (Phi) is 4.29. The van der Waals surface area contributed by atoms with Crippen molar-refractivity contribution in [1.29, 1.82) is 0 Å². The monoisotopic (exact) mass is 382 g/mol. The topological polar surface area (TPSA) is 107 Å². The smallest absolute Gasteiger partial charge is 0.311 e. The summed E-state index contributed by atoms with van der Waals surface area (Å²) in [5.74, 6) is -0.630. The van der Waals surface area contributed by atoms with Crippen molar-refractivity contribution in [3.8, 4) is 0 Å². The second-order valence-electron chi connectivity index (χ2n) is 10.4. The van der Waals surface area contributed by atoms with Crippen LogP contribution in [-0.4, -0.2) is 57.9 Å². The quantitative estimate of drug-likeness (QED) is 0.535. The average Bonchev–Trinajstić information content (AvgIpc) is 2.86. The van der Waals surface area contributed by atoms with Crippen molar-refractivity contribution in [1.82, 2.24) is 0 Å². The molecule has 4 saturated carbocycles. The minimum Gasteiger partial charge on any atom is -0.469 e. The van der Waals surface area contributed by atoms with Crippen molar-refractivity contribution in [3.63, 3.8) is 0 Å². The number of hydrogen-bond donors (Lipinski definition) is 4. The lowest BCUT2D eigenvalue weighted by molar-refractivity contribution is -0.256. The van der Waals surface area contributed by atoms with Crippen LogP contribution in [0.15, 0.2) is 0 Å². The zero-order valence-corrected chi connectivity index (χ0v) is 16.6. The fraction of sp³-hybridized carbons (Fsp3) is 0.952. The van der Waals surface area contributed by atoms with Gasteiger partial charge in [0.1, 0.15) is 0 Å². The van der Waals surface area contributed by atoms with E-state index in [4.69, 9.17) is 4.74 Å². The number of aliphatic hydroxyl groups is 4. The number of esters is 1. The van der Waals surface area contributed by atoms with Crippen LogP contribution in [0.3, 0.4) is 0 Å². The van der Waals surface area contributed by atoms with Crippen molar-refractivity contribution < 1.29 is 30.0 Å². The van der Waals surface area contributed by atoms with Gasteiger partial charge in [0.05, 0.1) is 36.9 Å². The molecule has 0 aromatic heterocycles. The average molecular weight is 382 g/mol. The van der Waals surface area contributed by atoms with Gasteiger partial charge >= 0.3 is 5.97 Å². The third kappa shape index (κ3) is 2.24. The summed E-state index contributed by atoms with van der Waals surface area (Å²) in [5, 5.41) is 43.5. The van der Waals surface area contributed by atoms with Gasteiger partial charge in [0.15, 0.2) is 0 Å². The fourth-order valence-electron chi connectivity index (χ4n) is 8.35. The Bertz CT molecular complexity index is 638. The molecule has 4 rings (SSSR count). The first-order chi connectivity index (χ1) is 12.6. The van der Waals surface area contributed by atoms with Crippen LogP contribution in [0.1, 0.15) is 58.8 Å². The molecular weight excluding hydrogens is 348 g/mol. The van der Waals surface area contributed by atoms with Crippen molar-refractivity contribution in [2.75, 3.05) is 13.7 Å². The Balaban J connectivity index is 1.82. The molecule has 0 heterocycles. The lowest BCUT2D eigenvalue weighted by Crippen LogP contribution is -2.69. The first-order valence-corrected chi connectivity index (χ1v) is 10.4. The minimum absolute atomic E-state index is 0.0451. The third-order valence-electron chi connectivity index (χ3n) is 9.30. The molecule has 0 radical (unpaired) electrons. The molecule has 0 aromatic rings. The Labute approximate surface area is 160 Å². The maximum Gasteiger partial charge on any atom is 0.311 e. The van der Waals surface area contributed by atoms with E-state index in [0.29, 0.717) is 19.3 Å². The zero-order chi connectivity index (χ0) is 19.8. The summed E-state index contributed by atoms with van der Waals surface area (Å²) in [6.07, 6.45) is 2.97. The number of rotatable bonds is 2. The van der Waals surface area contributed by atoms with E-state index in [-0.39, 0.29) is 35.7 Å². The third-order valence-corrected chi connectivity index (χ3v) is 9.30. The van der Waals surface area contributed by atoms with Crippen LogP contribution in [0.2, 0.25) is 0 Å². The molecule has 4 aliphatic rings. The molecular formula is C21H34O6. The van der Waals surface area contributed by atoms with Gasteiger partial charge in [0.25, 0.3) is 0 Å². The van der Waals surface area contributed by atoms with Crippen molar-refractivity contribution >= 4 is 5.97 Å². The van der Waals surface area contributed by atoms with E-state index in [1.54, 1.807) is 0 Å². The van der Waals surface area contributed by atoms with Crippen LogP contribution in [0, 0.1) is 34.0 Å². The number of methoxy groups -OCH3 is 1. The van der Waals surface area contributed by atoms with Crippen LogP contribution >= 0.6 is 0 Å². The minimum atomic E-state index is -1.18. The van der Waals surface area contributed by atoms with Crippen LogP contribution < -0.4 is 0 Å². The predicted octanol–water partition coefficient (Wildman–Crippen LogP) is 1.24. The van der Waals surface area contributed by atoms with Crippen LogP contribution in [0.25, 0.3) is 0 Å². The Morgan fingerprint density at radius 3 is 2.52 bits per heavy atom. The van der Waals surface area contributed by atoms with E-state index in [1.165, 1.54) is 7.11 Å². The van der Waals surface area contributed by atoms with Crippen molar-refractivity contribution in [2.24, 2.45) is 34.0 Å². The summed E-state index contributed by atoms with van der Waals surface area (Å²) in [5.41, 5.74) is -2.92. The molecule has 154 valence electrons. The largest absolute Gasteiger partial charge is 0.469 e.